The summed E-state index contributed by atoms with van der Waals surface area (Å²) < 4.78 is 68.8. The number of alkyl halides is 3. The predicted octanol–water partition coefficient (Wildman–Crippen LogP) is 1.59. The quantitative estimate of drug-likeness (QED) is 0.826. The third-order valence-corrected chi connectivity index (χ3v) is 5.54. The molecule has 0 saturated carbocycles. The van der Waals surface area contributed by atoms with E-state index in [4.69, 9.17) is 9.84 Å². The molecule has 0 amide bonds. The van der Waals surface area contributed by atoms with Crippen molar-refractivity contribution in [2.45, 2.75) is 6.18 Å². The Bertz CT molecular complexity index is 677. The first-order chi connectivity index (χ1) is 11.1. The van der Waals surface area contributed by atoms with Crippen molar-refractivity contribution in [3.8, 4) is 5.75 Å². The topological polar surface area (TPSA) is 83.9 Å². The average molecular weight is 367 g/mol. The molecule has 0 bridgehead atoms. The van der Waals surface area contributed by atoms with Crippen molar-refractivity contribution >= 4 is 16.0 Å². The number of ether oxygens (including phenoxy) is 1. The number of sulfonamides is 1. The van der Waals surface area contributed by atoms with E-state index in [9.17, 15) is 26.4 Å². The van der Waals surface area contributed by atoms with Crippen LogP contribution in [0.2, 0.25) is 0 Å². The maximum Gasteiger partial charge on any atom is 0.393 e. The highest BCUT2D eigenvalue weighted by Crippen LogP contribution is 2.38. The number of nitrogens with zero attached hydrogens (tertiary/aromatic N) is 1. The maximum atomic E-state index is 12.9. The molecular weight excluding hydrogens is 351 g/mol. The summed E-state index contributed by atoms with van der Waals surface area (Å²) in [6.07, 6.45) is -4.77. The van der Waals surface area contributed by atoms with Crippen molar-refractivity contribution in [3.63, 3.8) is 0 Å². The normalized spacial score (nSPS) is 22.5. The Morgan fingerprint density at radius 3 is 2.38 bits per heavy atom. The molecule has 2 rings (SSSR count). The molecule has 0 aliphatic carbocycles. The third kappa shape index (κ3) is 4.38. The van der Waals surface area contributed by atoms with Gasteiger partial charge in [-0.05, 0) is 12.1 Å². The molecule has 1 fully saturated rings. The van der Waals surface area contributed by atoms with Crippen LogP contribution in [0.4, 0.5) is 13.2 Å². The second-order valence-corrected chi connectivity index (χ2v) is 7.48. The zero-order valence-corrected chi connectivity index (χ0v) is 13.3. The minimum Gasteiger partial charge on any atom is -0.492 e. The molecule has 6 nitrogen and oxygen atoms in total. The summed E-state index contributed by atoms with van der Waals surface area (Å²) in [5.74, 6) is -5.75. The highest BCUT2D eigenvalue weighted by atomic mass is 32.2. The fourth-order valence-electron chi connectivity index (χ4n) is 2.49. The van der Waals surface area contributed by atoms with Crippen LogP contribution in [0.25, 0.3) is 0 Å². The van der Waals surface area contributed by atoms with Gasteiger partial charge in [-0.2, -0.15) is 13.2 Å². The standard InChI is InChI=1S/C14H16F3NO5S/c15-14(16,17)12-9-18(8-11(12)13(19)20)24(21,22)7-6-23-10-4-2-1-3-5-10/h1-5,11-12H,6-9H2,(H,19,20)/t11-,12-/m1/s1. The molecule has 1 heterocycles. The van der Waals surface area contributed by atoms with Crippen LogP contribution in [0.1, 0.15) is 0 Å². The molecule has 2 atom stereocenters. The molecule has 1 aromatic carbocycles. The van der Waals surface area contributed by atoms with E-state index in [0.717, 1.165) is 0 Å². The summed E-state index contributed by atoms with van der Waals surface area (Å²) in [5, 5.41) is 8.91. The van der Waals surface area contributed by atoms with E-state index in [1.165, 1.54) is 0 Å². The molecule has 0 unspecified atom stereocenters. The van der Waals surface area contributed by atoms with E-state index < -0.39 is 52.8 Å². The monoisotopic (exact) mass is 367 g/mol. The van der Waals surface area contributed by atoms with Gasteiger partial charge in [-0.1, -0.05) is 18.2 Å². The Balaban J connectivity index is 2.00. The summed E-state index contributed by atoms with van der Waals surface area (Å²) in [7, 11) is -4.04. The van der Waals surface area contributed by atoms with Crippen molar-refractivity contribution in [2.24, 2.45) is 11.8 Å². The van der Waals surface area contributed by atoms with Crippen LogP contribution in [0, 0.1) is 11.8 Å². The van der Waals surface area contributed by atoms with Gasteiger partial charge in [0, 0.05) is 13.1 Å². The van der Waals surface area contributed by atoms with Crippen LogP contribution in [-0.2, 0) is 14.8 Å². The first kappa shape index (κ1) is 18.5. The molecule has 134 valence electrons. The smallest absolute Gasteiger partial charge is 0.393 e. The van der Waals surface area contributed by atoms with E-state index in [1.807, 2.05) is 0 Å². The molecule has 1 aromatic rings. The molecule has 1 aliphatic heterocycles. The van der Waals surface area contributed by atoms with Crippen LogP contribution in [0.3, 0.4) is 0 Å². The van der Waals surface area contributed by atoms with Gasteiger partial charge in [0.15, 0.2) is 0 Å². The van der Waals surface area contributed by atoms with E-state index in [0.29, 0.717) is 10.1 Å². The SMILES string of the molecule is O=C(O)[C@@H]1CN(S(=O)(=O)CCOc2ccccc2)C[C@H]1C(F)(F)F. The fraction of sp³-hybridized carbons (Fsp3) is 0.500. The minimum atomic E-state index is -4.77. The first-order valence-electron chi connectivity index (χ1n) is 7.06. The maximum absolute atomic E-state index is 12.9. The van der Waals surface area contributed by atoms with Gasteiger partial charge in [0.05, 0.1) is 17.6 Å². The van der Waals surface area contributed by atoms with Crippen molar-refractivity contribution in [2.75, 3.05) is 25.4 Å². The van der Waals surface area contributed by atoms with Gasteiger partial charge in [0.1, 0.15) is 12.4 Å². The summed E-state index contributed by atoms with van der Waals surface area (Å²) in [6.45, 7) is -1.81. The second-order valence-electron chi connectivity index (χ2n) is 5.39. The number of carboxylic acid groups (broad SMARTS) is 1. The molecule has 1 N–H and O–H groups in total. The van der Waals surface area contributed by atoms with Crippen LogP contribution >= 0.6 is 0 Å². The Labute approximate surface area is 136 Å². The zero-order valence-electron chi connectivity index (χ0n) is 12.4. The molecule has 0 aromatic heterocycles. The third-order valence-electron chi connectivity index (χ3n) is 3.77. The van der Waals surface area contributed by atoms with Gasteiger partial charge in [-0.25, -0.2) is 12.7 Å². The predicted molar refractivity (Wildman–Crippen MR) is 78.0 cm³/mol. The van der Waals surface area contributed by atoms with Crippen molar-refractivity contribution < 1.29 is 36.2 Å². The molecule has 24 heavy (non-hydrogen) atoms. The summed E-state index contributed by atoms with van der Waals surface area (Å²) in [4.78, 5) is 11.0. The Kier molecular flexibility index (Phi) is 5.38. The molecule has 0 spiro atoms. The first-order valence-corrected chi connectivity index (χ1v) is 8.67. The minimum absolute atomic E-state index is 0.239. The largest absolute Gasteiger partial charge is 0.492 e. The number of hydrogen-bond acceptors (Lipinski definition) is 4. The van der Waals surface area contributed by atoms with Crippen LogP contribution in [0.5, 0.6) is 5.75 Å². The lowest BCUT2D eigenvalue weighted by Crippen LogP contribution is -2.35. The highest BCUT2D eigenvalue weighted by molar-refractivity contribution is 7.89. The number of rotatable bonds is 6. The number of para-hydroxylation sites is 1. The lowest BCUT2D eigenvalue weighted by atomic mass is 9.96. The number of carboxylic acids is 1. The summed E-state index contributed by atoms with van der Waals surface area (Å²) in [6, 6.07) is 8.35. The summed E-state index contributed by atoms with van der Waals surface area (Å²) >= 11 is 0. The number of benzene rings is 1. The fourth-order valence-corrected chi connectivity index (χ4v) is 3.81. The Morgan fingerprint density at radius 1 is 1.25 bits per heavy atom. The van der Waals surface area contributed by atoms with Gasteiger partial charge in [-0.3, -0.25) is 4.79 Å². The lowest BCUT2D eigenvalue weighted by molar-refractivity contribution is -0.187. The van der Waals surface area contributed by atoms with E-state index >= 15 is 0 Å². The van der Waals surface area contributed by atoms with Gasteiger partial charge in [0.25, 0.3) is 0 Å². The lowest BCUT2D eigenvalue weighted by Gasteiger charge is -2.18. The van der Waals surface area contributed by atoms with Crippen LogP contribution in [-0.4, -0.2) is 55.4 Å². The van der Waals surface area contributed by atoms with Crippen LogP contribution in [0.15, 0.2) is 30.3 Å². The van der Waals surface area contributed by atoms with E-state index in [-0.39, 0.29) is 6.61 Å². The Hall–Kier alpha value is -1.81. The number of hydrogen-bond donors (Lipinski definition) is 1. The van der Waals surface area contributed by atoms with Gasteiger partial charge < -0.3 is 9.84 Å². The number of carbonyl (C=O) groups is 1. The molecular formula is C14H16F3NO5S. The highest BCUT2D eigenvalue weighted by Gasteiger charge is 2.54. The van der Waals surface area contributed by atoms with Crippen molar-refractivity contribution in [3.05, 3.63) is 30.3 Å². The molecule has 1 saturated heterocycles. The van der Waals surface area contributed by atoms with E-state index in [1.54, 1.807) is 30.3 Å². The summed E-state index contributed by atoms with van der Waals surface area (Å²) in [5.41, 5.74) is 0. The van der Waals surface area contributed by atoms with Crippen molar-refractivity contribution in [1.29, 1.82) is 0 Å². The molecule has 1 aliphatic rings. The van der Waals surface area contributed by atoms with Crippen LogP contribution < -0.4 is 4.74 Å². The Morgan fingerprint density at radius 2 is 1.88 bits per heavy atom. The number of halogens is 3. The number of aliphatic carboxylic acids is 1. The second kappa shape index (κ2) is 6.98. The van der Waals surface area contributed by atoms with Gasteiger partial charge in [0.2, 0.25) is 10.0 Å². The van der Waals surface area contributed by atoms with Gasteiger partial charge in [-0.15, -0.1) is 0 Å². The zero-order chi connectivity index (χ0) is 18.0. The average Bonchev–Trinajstić information content (AvgIpc) is 2.94. The van der Waals surface area contributed by atoms with Gasteiger partial charge >= 0.3 is 12.1 Å². The molecule has 10 heteroatoms. The molecule has 0 radical (unpaired) electrons. The van der Waals surface area contributed by atoms with Crippen molar-refractivity contribution in [1.82, 2.24) is 4.31 Å². The van der Waals surface area contributed by atoms with E-state index in [2.05, 4.69) is 0 Å².